The average Bonchev–Trinajstić information content (AvgIpc) is 2.42. The van der Waals surface area contributed by atoms with Crippen LogP contribution < -0.4 is 5.32 Å². The Bertz CT molecular complexity index is 545. The summed E-state index contributed by atoms with van der Waals surface area (Å²) in [5.74, 6) is -0.387. The molecule has 5 heteroatoms. The second kappa shape index (κ2) is 6.24. The molecule has 2 amide bonds. The maximum atomic E-state index is 13.8. The van der Waals surface area contributed by atoms with Gasteiger partial charge in [0.25, 0.3) is 0 Å². The Balaban J connectivity index is 2.21. The zero-order valence-electron chi connectivity index (χ0n) is 12.6. The molecule has 0 aliphatic carbocycles. The molecule has 1 aliphatic rings. The summed E-state index contributed by atoms with van der Waals surface area (Å²) in [7, 11) is 0. The van der Waals surface area contributed by atoms with Crippen molar-refractivity contribution in [2.45, 2.75) is 45.8 Å². The minimum atomic E-state index is -0.583. The van der Waals surface area contributed by atoms with Crippen molar-refractivity contribution >= 4 is 11.8 Å². The Morgan fingerprint density at radius 2 is 1.95 bits per heavy atom. The SMILES string of the molecule is CC(C)CC1NC(=O)C(C)N(Cc2ccccc2F)C1=O. The van der Waals surface area contributed by atoms with Gasteiger partial charge in [0.1, 0.15) is 17.9 Å². The minimum Gasteiger partial charge on any atom is -0.343 e. The van der Waals surface area contributed by atoms with Crippen molar-refractivity contribution in [2.24, 2.45) is 5.92 Å². The zero-order valence-corrected chi connectivity index (χ0v) is 12.6. The third kappa shape index (κ3) is 3.40. The minimum absolute atomic E-state index is 0.120. The van der Waals surface area contributed by atoms with Crippen LogP contribution in [0.3, 0.4) is 0 Å². The van der Waals surface area contributed by atoms with Gasteiger partial charge in [-0.05, 0) is 25.3 Å². The number of hydrogen-bond acceptors (Lipinski definition) is 2. The lowest BCUT2D eigenvalue weighted by Crippen LogP contribution is -2.62. The van der Waals surface area contributed by atoms with Crippen LogP contribution in [0.2, 0.25) is 0 Å². The molecule has 1 aromatic carbocycles. The number of piperazine rings is 1. The molecule has 1 saturated heterocycles. The van der Waals surface area contributed by atoms with E-state index in [0.717, 1.165) is 0 Å². The fourth-order valence-corrected chi connectivity index (χ4v) is 2.54. The van der Waals surface area contributed by atoms with Gasteiger partial charge in [-0.25, -0.2) is 4.39 Å². The van der Waals surface area contributed by atoms with E-state index in [-0.39, 0.29) is 24.2 Å². The Morgan fingerprint density at radius 3 is 2.57 bits per heavy atom. The highest BCUT2D eigenvalue weighted by Crippen LogP contribution is 2.19. The number of halogens is 1. The number of carbonyl (C=O) groups is 2. The molecule has 21 heavy (non-hydrogen) atoms. The van der Waals surface area contributed by atoms with E-state index < -0.39 is 12.1 Å². The molecule has 1 N–H and O–H groups in total. The lowest BCUT2D eigenvalue weighted by molar-refractivity contribution is -0.149. The molecule has 4 nitrogen and oxygen atoms in total. The van der Waals surface area contributed by atoms with Crippen LogP contribution in [0, 0.1) is 11.7 Å². The Hall–Kier alpha value is -1.91. The molecule has 1 aliphatic heterocycles. The number of rotatable bonds is 4. The number of amides is 2. The van der Waals surface area contributed by atoms with Crippen LogP contribution in [-0.2, 0) is 16.1 Å². The largest absolute Gasteiger partial charge is 0.343 e. The molecule has 1 heterocycles. The summed E-state index contributed by atoms with van der Waals surface area (Å²) in [5.41, 5.74) is 0.427. The van der Waals surface area contributed by atoms with E-state index in [0.29, 0.717) is 17.9 Å². The first kappa shape index (κ1) is 15.5. The molecule has 1 fully saturated rings. The number of nitrogens with one attached hydrogen (secondary N) is 1. The molecule has 0 spiro atoms. The molecular formula is C16H21FN2O2. The van der Waals surface area contributed by atoms with Gasteiger partial charge in [-0.3, -0.25) is 9.59 Å². The first-order valence-electron chi connectivity index (χ1n) is 7.24. The van der Waals surface area contributed by atoms with Crippen molar-refractivity contribution in [1.82, 2.24) is 10.2 Å². The molecule has 0 bridgehead atoms. The van der Waals surface area contributed by atoms with Crippen LogP contribution in [0.4, 0.5) is 4.39 Å². The second-order valence-corrected chi connectivity index (χ2v) is 5.92. The quantitative estimate of drug-likeness (QED) is 0.924. The van der Waals surface area contributed by atoms with E-state index in [1.807, 2.05) is 13.8 Å². The Labute approximate surface area is 124 Å². The zero-order chi connectivity index (χ0) is 15.6. The molecule has 0 radical (unpaired) electrons. The molecular weight excluding hydrogens is 271 g/mol. The maximum Gasteiger partial charge on any atom is 0.246 e. The van der Waals surface area contributed by atoms with Crippen molar-refractivity contribution in [2.75, 3.05) is 0 Å². The smallest absolute Gasteiger partial charge is 0.246 e. The summed E-state index contributed by atoms with van der Waals surface area (Å²) in [4.78, 5) is 26.0. The highest BCUT2D eigenvalue weighted by molar-refractivity contribution is 5.96. The van der Waals surface area contributed by atoms with Crippen molar-refractivity contribution in [3.63, 3.8) is 0 Å². The fourth-order valence-electron chi connectivity index (χ4n) is 2.54. The number of carbonyl (C=O) groups excluding carboxylic acids is 2. The van der Waals surface area contributed by atoms with Gasteiger partial charge in [0.2, 0.25) is 11.8 Å². The molecule has 114 valence electrons. The molecule has 2 rings (SSSR count). The summed E-state index contributed by atoms with van der Waals surface area (Å²) in [5, 5.41) is 2.75. The first-order valence-corrected chi connectivity index (χ1v) is 7.24. The van der Waals surface area contributed by atoms with Crippen LogP contribution in [0.1, 0.15) is 32.8 Å². The van der Waals surface area contributed by atoms with Crippen LogP contribution in [0.25, 0.3) is 0 Å². The van der Waals surface area contributed by atoms with E-state index in [9.17, 15) is 14.0 Å². The van der Waals surface area contributed by atoms with E-state index >= 15 is 0 Å². The summed E-state index contributed by atoms with van der Waals surface area (Å²) in [6, 6.07) is 5.23. The number of nitrogens with zero attached hydrogens (tertiary/aromatic N) is 1. The average molecular weight is 292 g/mol. The van der Waals surface area contributed by atoms with E-state index in [2.05, 4.69) is 5.32 Å². The molecule has 2 atom stereocenters. The van der Waals surface area contributed by atoms with Gasteiger partial charge in [-0.1, -0.05) is 32.0 Å². The summed E-state index contributed by atoms with van der Waals surface area (Å²) in [6.45, 7) is 5.78. The standard InChI is InChI=1S/C16H21FN2O2/c1-10(2)8-14-16(21)19(11(3)15(20)18-14)9-12-6-4-5-7-13(12)17/h4-7,10-11,14H,8-9H2,1-3H3,(H,18,20). The fraction of sp³-hybridized carbons (Fsp3) is 0.500. The monoisotopic (exact) mass is 292 g/mol. The van der Waals surface area contributed by atoms with Crippen LogP contribution in [0.15, 0.2) is 24.3 Å². The molecule has 2 unspecified atom stereocenters. The van der Waals surface area contributed by atoms with Gasteiger partial charge in [0.15, 0.2) is 0 Å². The third-order valence-electron chi connectivity index (χ3n) is 3.75. The second-order valence-electron chi connectivity index (χ2n) is 5.92. The van der Waals surface area contributed by atoms with Crippen LogP contribution in [0.5, 0.6) is 0 Å². The predicted octanol–water partition coefficient (Wildman–Crippen LogP) is 2.09. The normalized spacial score (nSPS) is 22.6. The van der Waals surface area contributed by atoms with Gasteiger partial charge in [0.05, 0.1) is 0 Å². The first-order chi connectivity index (χ1) is 9.90. The number of benzene rings is 1. The van der Waals surface area contributed by atoms with Crippen molar-refractivity contribution in [3.05, 3.63) is 35.6 Å². The van der Waals surface area contributed by atoms with Gasteiger partial charge in [-0.2, -0.15) is 0 Å². The highest BCUT2D eigenvalue weighted by Gasteiger charge is 2.38. The number of hydrogen-bond donors (Lipinski definition) is 1. The van der Waals surface area contributed by atoms with Crippen LogP contribution in [-0.4, -0.2) is 28.8 Å². The Kier molecular flexibility index (Phi) is 4.60. The van der Waals surface area contributed by atoms with Gasteiger partial charge >= 0.3 is 0 Å². The van der Waals surface area contributed by atoms with E-state index in [1.165, 1.54) is 11.0 Å². The maximum absolute atomic E-state index is 13.8. The Morgan fingerprint density at radius 1 is 1.29 bits per heavy atom. The van der Waals surface area contributed by atoms with Crippen LogP contribution >= 0.6 is 0 Å². The van der Waals surface area contributed by atoms with Gasteiger partial charge in [0, 0.05) is 12.1 Å². The molecule has 0 aromatic heterocycles. The third-order valence-corrected chi connectivity index (χ3v) is 3.75. The van der Waals surface area contributed by atoms with Gasteiger partial charge < -0.3 is 10.2 Å². The highest BCUT2D eigenvalue weighted by atomic mass is 19.1. The molecule has 1 aromatic rings. The van der Waals surface area contributed by atoms with Gasteiger partial charge in [-0.15, -0.1) is 0 Å². The topological polar surface area (TPSA) is 49.4 Å². The summed E-state index contributed by atoms with van der Waals surface area (Å²) >= 11 is 0. The van der Waals surface area contributed by atoms with E-state index in [4.69, 9.17) is 0 Å². The predicted molar refractivity (Wildman–Crippen MR) is 77.8 cm³/mol. The van der Waals surface area contributed by atoms with Crippen molar-refractivity contribution < 1.29 is 14.0 Å². The lowest BCUT2D eigenvalue weighted by atomic mass is 9.98. The summed E-state index contributed by atoms with van der Waals surface area (Å²) in [6.07, 6.45) is 0.588. The van der Waals surface area contributed by atoms with Crippen molar-refractivity contribution in [3.8, 4) is 0 Å². The summed E-state index contributed by atoms with van der Waals surface area (Å²) < 4.78 is 13.8. The van der Waals surface area contributed by atoms with E-state index in [1.54, 1.807) is 25.1 Å². The van der Waals surface area contributed by atoms with Crippen molar-refractivity contribution in [1.29, 1.82) is 0 Å². The lowest BCUT2D eigenvalue weighted by Gasteiger charge is -2.38. The molecule has 0 saturated carbocycles.